The molecular formula is C16H22ClNO2. The van der Waals surface area contributed by atoms with Gasteiger partial charge in [-0.05, 0) is 35.6 Å². The first-order valence-electron chi connectivity index (χ1n) is 7.04. The molecule has 2 rings (SSSR count). The maximum atomic E-state index is 12.4. The molecule has 1 unspecified atom stereocenters. The average molecular weight is 296 g/mol. The zero-order valence-electron chi connectivity index (χ0n) is 12.3. The minimum atomic E-state index is -0.0373. The molecule has 0 radical (unpaired) electrons. The molecule has 0 aromatic heterocycles. The molecule has 20 heavy (non-hydrogen) atoms. The molecule has 0 spiro atoms. The summed E-state index contributed by atoms with van der Waals surface area (Å²) in [4.78, 5) is 12.4. The third-order valence-electron chi connectivity index (χ3n) is 3.70. The molecule has 1 atom stereocenters. The number of fused-ring (bicyclic) bond motifs is 1. The second-order valence-corrected chi connectivity index (χ2v) is 6.67. The zero-order valence-corrected chi connectivity index (χ0v) is 13.1. The van der Waals surface area contributed by atoms with Crippen molar-refractivity contribution in [1.82, 2.24) is 5.32 Å². The first kappa shape index (κ1) is 15.2. The molecule has 110 valence electrons. The van der Waals surface area contributed by atoms with Gasteiger partial charge in [-0.1, -0.05) is 20.8 Å². The lowest BCUT2D eigenvalue weighted by molar-refractivity contribution is 0.0900. The van der Waals surface area contributed by atoms with Crippen molar-refractivity contribution in [3.05, 3.63) is 29.3 Å². The Hall–Kier alpha value is -1.22. The predicted molar refractivity (Wildman–Crippen MR) is 81.7 cm³/mol. The summed E-state index contributed by atoms with van der Waals surface area (Å²) in [5.74, 6) is 1.40. The quantitative estimate of drug-likeness (QED) is 0.865. The van der Waals surface area contributed by atoms with Crippen LogP contribution in [0.3, 0.4) is 0 Å². The van der Waals surface area contributed by atoms with Gasteiger partial charge in [-0.25, -0.2) is 0 Å². The smallest absolute Gasteiger partial charge is 0.251 e. The van der Waals surface area contributed by atoms with E-state index in [1.165, 1.54) is 0 Å². The molecule has 0 saturated heterocycles. The Morgan fingerprint density at radius 3 is 2.85 bits per heavy atom. The number of halogens is 1. The summed E-state index contributed by atoms with van der Waals surface area (Å²) in [6, 6.07) is 5.69. The van der Waals surface area contributed by atoms with Crippen LogP contribution >= 0.6 is 11.6 Å². The molecule has 3 nitrogen and oxygen atoms in total. The lowest BCUT2D eigenvalue weighted by Gasteiger charge is -2.31. The third-order valence-corrected chi connectivity index (χ3v) is 3.92. The van der Waals surface area contributed by atoms with E-state index in [-0.39, 0.29) is 17.4 Å². The van der Waals surface area contributed by atoms with E-state index in [9.17, 15) is 4.79 Å². The van der Waals surface area contributed by atoms with Crippen molar-refractivity contribution in [3.8, 4) is 5.75 Å². The molecule has 1 heterocycles. The molecule has 1 amide bonds. The van der Waals surface area contributed by atoms with Crippen molar-refractivity contribution >= 4 is 17.5 Å². The number of carbonyl (C=O) groups excluding carboxylic acids is 1. The molecule has 0 fully saturated rings. The van der Waals surface area contributed by atoms with Crippen molar-refractivity contribution in [2.24, 2.45) is 5.41 Å². The van der Waals surface area contributed by atoms with E-state index in [1.54, 1.807) is 0 Å². The van der Waals surface area contributed by atoms with Gasteiger partial charge in [0.15, 0.2) is 0 Å². The minimum absolute atomic E-state index is 0.00953. The normalized spacial score (nSPS) is 15.4. The summed E-state index contributed by atoms with van der Waals surface area (Å²) in [7, 11) is 0. The highest BCUT2D eigenvalue weighted by molar-refractivity contribution is 6.17. The van der Waals surface area contributed by atoms with Crippen molar-refractivity contribution in [1.29, 1.82) is 0 Å². The van der Waals surface area contributed by atoms with Gasteiger partial charge in [0, 0.05) is 23.9 Å². The number of carbonyl (C=O) groups is 1. The van der Waals surface area contributed by atoms with Gasteiger partial charge in [0.25, 0.3) is 5.91 Å². The number of hydrogen-bond donors (Lipinski definition) is 1. The van der Waals surface area contributed by atoms with Gasteiger partial charge in [0.05, 0.1) is 6.61 Å². The van der Waals surface area contributed by atoms with Crippen LogP contribution in [0.15, 0.2) is 18.2 Å². The van der Waals surface area contributed by atoms with Crippen LogP contribution in [0.1, 0.15) is 43.1 Å². The van der Waals surface area contributed by atoms with E-state index in [0.717, 1.165) is 24.2 Å². The van der Waals surface area contributed by atoms with Crippen molar-refractivity contribution in [2.75, 3.05) is 12.5 Å². The summed E-state index contributed by atoms with van der Waals surface area (Å²) < 4.78 is 5.46. The highest BCUT2D eigenvalue weighted by Crippen LogP contribution is 2.27. The summed E-state index contributed by atoms with van der Waals surface area (Å²) in [5.41, 5.74) is 1.80. The number of nitrogens with one attached hydrogen (secondary N) is 1. The maximum absolute atomic E-state index is 12.4. The van der Waals surface area contributed by atoms with E-state index in [2.05, 4.69) is 26.1 Å². The van der Waals surface area contributed by atoms with Crippen molar-refractivity contribution in [2.45, 2.75) is 39.7 Å². The minimum Gasteiger partial charge on any atom is -0.493 e. The predicted octanol–water partition coefficient (Wildman–Crippen LogP) is 3.39. The topological polar surface area (TPSA) is 38.3 Å². The largest absolute Gasteiger partial charge is 0.493 e. The molecule has 0 saturated carbocycles. The van der Waals surface area contributed by atoms with Gasteiger partial charge in [-0.3, -0.25) is 4.79 Å². The number of rotatable bonds is 4. The Morgan fingerprint density at radius 2 is 2.20 bits per heavy atom. The maximum Gasteiger partial charge on any atom is 0.251 e. The number of hydrogen-bond acceptors (Lipinski definition) is 2. The first-order valence-corrected chi connectivity index (χ1v) is 7.58. The Morgan fingerprint density at radius 1 is 1.45 bits per heavy atom. The second kappa shape index (κ2) is 6.04. The fourth-order valence-corrected chi connectivity index (χ4v) is 2.62. The third kappa shape index (κ3) is 3.45. The Balaban J connectivity index is 2.11. The van der Waals surface area contributed by atoms with Gasteiger partial charge < -0.3 is 10.1 Å². The molecule has 1 N–H and O–H groups in total. The van der Waals surface area contributed by atoms with Crippen LogP contribution in [-0.2, 0) is 6.42 Å². The van der Waals surface area contributed by atoms with E-state index in [0.29, 0.717) is 18.1 Å². The van der Waals surface area contributed by atoms with Crippen molar-refractivity contribution < 1.29 is 9.53 Å². The number of benzene rings is 1. The van der Waals surface area contributed by atoms with Crippen LogP contribution < -0.4 is 10.1 Å². The fourth-order valence-electron chi connectivity index (χ4n) is 2.40. The molecule has 4 heteroatoms. The van der Waals surface area contributed by atoms with Crippen molar-refractivity contribution in [3.63, 3.8) is 0 Å². The SMILES string of the molecule is CC(C)(C)C(CCCl)NC(=O)c1ccc2c(c1)CCO2. The molecule has 1 aliphatic rings. The van der Waals surface area contributed by atoms with E-state index >= 15 is 0 Å². The van der Waals surface area contributed by atoms with Crippen LogP contribution in [0, 0.1) is 5.41 Å². The van der Waals surface area contributed by atoms with E-state index < -0.39 is 0 Å². The highest BCUT2D eigenvalue weighted by atomic mass is 35.5. The first-order chi connectivity index (χ1) is 9.41. The molecule has 0 aliphatic carbocycles. The molecular weight excluding hydrogens is 274 g/mol. The number of amides is 1. The van der Waals surface area contributed by atoms with Crippen LogP contribution in [0.2, 0.25) is 0 Å². The van der Waals surface area contributed by atoms with E-state index in [4.69, 9.17) is 16.3 Å². The van der Waals surface area contributed by atoms with Gasteiger partial charge in [0.1, 0.15) is 5.75 Å². The Labute approximate surface area is 125 Å². The average Bonchev–Trinajstić information content (AvgIpc) is 2.84. The van der Waals surface area contributed by atoms with E-state index in [1.807, 2.05) is 18.2 Å². The van der Waals surface area contributed by atoms with Gasteiger partial charge in [-0.2, -0.15) is 0 Å². The second-order valence-electron chi connectivity index (χ2n) is 6.29. The van der Waals surface area contributed by atoms with Gasteiger partial charge >= 0.3 is 0 Å². The Kier molecular flexibility index (Phi) is 4.59. The molecule has 1 aromatic carbocycles. The fraction of sp³-hybridized carbons (Fsp3) is 0.562. The van der Waals surface area contributed by atoms with Gasteiger partial charge in [-0.15, -0.1) is 11.6 Å². The summed E-state index contributed by atoms with van der Waals surface area (Å²) in [6.07, 6.45) is 1.64. The van der Waals surface area contributed by atoms with Crippen LogP contribution in [0.25, 0.3) is 0 Å². The molecule has 0 bridgehead atoms. The monoisotopic (exact) mass is 295 g/mol. The molecule has 1 aliphatic heterocycles. The zero-order chi connectivity index (χ0) is 14.8. The lowest BCUT2D eigenvalue weighted by atomic mass is 9.85. The Bertz CT molecular complexity index is 494. The number of alkyl halides is 1. The standard InChI is InChI=1S/C16H22ClNO2/c1-16(2,3)14(6-8-17)18-15(19)12-4-5-13-11(10-12)7-9-20-13/h4-5,10,14H,6-9H2,1-3H3,(H,18,19). The summed E-state index contributed by atoms with van der Waals surface area (Å²) in [6.45, 7) is 7.04. The highest BCUT2D eigenvalue weighted by Gasteiger charge is 2.26. The lowest BCUT2D eigenvalue weighted by Crippen LogP contribution is -2.44. The van der Waals surface area contributed by atoms with Gasteiger partial charge in [0.2, 0.25) is 0 Å². The van der Waals surface area contributed by atoms with Crippen LogP contribution in [-0.4, -0.2) is 24.4 Å². The van der Waals surface area contributed by atoms with Crippen LogP contribution in [0.5, 0.6) is 5.75 Å². The number of ether oxygens (including phenoxy) is 1. The summed E-state index contributed by atoms with van der Waals surface area (Å²) in [5, 5.41) is 3.10. The summed E-state index contributed by atoms with van der Waals surface area (Å²) >= 11 is 5.84. The molecule has 1 aromatic rings. The van der Waals surface area contributed by atoms with Crippen LogP contribution in [0.4, 0.5) is 0 Å².